The van der Waals surface area contributed by atoms with Crippen molar-refractivity contribution in [2.75, 3.05) is 25.6 Å². The Labute approximate surface area is 106 Å². The van der Waals surface area contributed by atoms with Crippen LogP contribution in [0.15, 0.2) is 0 Å². The van der Waals surface area contributed by atoms with Gasteiger partial charge in [0.2, 0.25) is 5.95 Å². The minimum absolute atomic E-state index is 0.00816. The molecule has 1 heterocycles. The van der Waals surface area contributed by atoms with E-state index in [-0.39, 0.29) is 18.6 Å². The molecule has 0 bridgehead atoms. The zero-order valence-electron chi connectivity index (χ0n) is 10.2. The number of ether oxygens (including phenoxy) is 2. The maximum absolute atomic E-state index is 12.7. The number of halogens is 4. The van der Waals surface area contributed by atoms with Crippen molar-refractivity contribution >= 4 is 5.95 Å². The highest BCUT2D eigenvalue weighted by Crippen LogP contribution is 2.23. The number of rotatable bonds is 7. The highest BCUT2D eigenvalue weighted by molar-refractivity contribution is 5.26. The average Bonchev–Trinajstić information content (AvgIpc) is 2.36. The lowest BCUT2D eigenvalue weighted by Crippen LogP contribution is -2.34. The minimum atomic E-state index is -4.28. The van der Waals surface area contributed by atoms with Crippen molar-refractivity contribution in [1.82, 2.24) is 15.0 Å². The van der Waals surface area contributed by atoms with Crippen molar-refractivity contribution in [3.63, 3.8) is 0 Å². The lowest BCUT2D eigenvalue weighted by atomic mass is 10.4. The molecular formula is C9H12F4N4O2. The molecule has 0 unspecified atom stereocenters. The van der Waals surface area contributed by atoms with E-state index in [9.17, 15) is 17.6 Å². The second-order valence-electron chi connectivity index (χ2n) is 3.26. The van der Waals surface area contributed by atoms with Crippen molar-refractivity contribution in [3.8, 4) is 12.0 Å². The van der Waals surface area contributed by atoms with E-state index in [1.165, 1.54) is 7.05 Å². The Balaban J connectivity index is 2.80. The molecule has 108 valence electrons. The Morgan fingerprint density at radius 3 is 2.21 bits per heavy atom. The van der Waals surface area contributed by atoms with E-state index in [1.54, 1.807) is 6.92 Å². The van der Waals surface area contributed by atoms with Gasteiger partial charge in [-0.2, -0.15) is 18.7 Å². The summed E-state index contributed by atoms with van der Waals surface area (Å²) in [6.07, 6.45) is -3.83. The molecule has 1 aromatic heterocycles. The Hall–Kier alpha value is -1.87. The van der Waals surface area contributed by atoms with Crippen molar-refractivity contribution < 1.29 is 27.0 Å². The molecule has 6 nitrogen and oxygen atoms in total. The molecule has 0 saturated carbocycles. The van der Waals surface area contributed by atoms with Gasteiger partial charge in [-0.15, -0.1) is 4.98 Å². The van der Waals surface area contributed by atoms with Crippen molar-refractivity contribution in [2.24, 2.45) is 0 Å². The fourth-order valence-corrected chi connectivity index (χ4v) is 0.932. The van der Waals surface area contributed by atoms with E-state index < -0.39 is 25.0 Å². The summed E-state index contributed by atoms with van der Waals surface area (Å²) < 4.78 is 58.6. The van der Waals surface area contributed by atoms with Crippen LogP contribution in [0, 0.1) is 0 Å². The Kier molecular flexibility index (Phi) is 5.07. The van der Waals surface area contributed by atoms with Crippen molar-refractivity contribution in [2.45, 2.75) is 19.3 Å². The summed E-state index contributed by atoms with van der Waals surface area (Å²) in [4.78, 5) is 10.9. The summed E-state index contributed by atoms with van der Waals surface area (Å²) in [5, 5.41) is 2.53. The molecule has 19 heavy (non-hydrogen) atoms. The van der Waals surface area contributed by atoms with Crippen LogP contribution in [0.25, 0.3) is 0 Å². The Morgan fingerprint density at radius 1 is 1.16 bits per heavy atom. The summed E-state index contributed by atoms with van der Waals surface area (Å²) in [6.45, 7) is 0.359. The van der Waals surface area contributed by atoms with Gasteiger partial charge < -0.3 is 14.8 Å². The van der Waals surface area contributed by atoms with E-state index in [0.717, 1.165) is 0 Å². The summed E-state index contributed by atoms with van der Waals surface area (Å²) in [6, 6.07) is -0.680. The molecule has 1 rings (SSSR count). The van der Waals surface area contributed by atoms with E-state index in [4.69, 9.17) is 4.74 Å². The second-order valence-corrected chi connectivity index (χ2v) is 3.26. The van der Waals surface area contributed by atoms with Gasteiger partial charge in [-0.1, -0.05) is 0 Å². The van der Waals surface area contributed by atoms with Gasteiger partial charge in [-0.3, -0.25) is 0 Å². The fourth-order valence-electron chi connectivity index (χ4n) is 0.932. The van der Waals surface area contributed by atoms with Gasteiger partial charge >= 0.3 is 24.4 Å². The average molecular weight is 284 g/mol. The summed E-state index contributed by atoms with van der Waals surface area (Å²) in [7, 11) is 1.47. The molecule has 1 aromatic rings. The topological polar surface area (TPSA) is 69.2 Å². The smallest absolute Gasteiger partial charge is 0.340 e. The maximum Gasteiger partial charge on any atom is 0.340 e. The van der Waals surface area contributed by atoms with Gasteiger partial charge in [-0.05, 0) is 6.92 Å². The van der Waals surface area contributed by atoms with Crippen LogP contribution < -0.4 is 14.8 Å². The molecule has 0 fully saturated rings. The molecule has 0 saturated heterocycles. The lowest BCUT2D eigenvalue weighted by molar-refractivity contribution is -0.149. The van der Waals surface area contributed by atoms with Gasteiger partial charge in [0, 0.05) is 7.05 Å². The third-order valence-electron chi connectivity index (χ3n) is 1.80. The molecule has 0 aliphatic heterocycles. The highest BCUT2D eigenvalue weighted by Gasteiger charge is 2.42. The summed E-state index contributed by atoms with van der Waals surface area (Å²) in [5.74, 6) is -4.27. The van der Waals surface area contributed by atoms with E-state index >= 15 is 0 Å². The molecule has 1 N–H and O–H groups in total. The van der Waals surface area contributed by atoms with Crippen LogP contribution in [-0.2, 0) is 0 Å². The molecule has 0 amide bonds. The van der Waals surface area contributed by atoms with Gasteiger partial charge in [0.1, 0.15) is 0 Å². The first-order valence-electron chi connectivity index (χ1n) is 5.24. The zero-order valence-corrected chi connectivity index (χ0v) is 10.2. The molecule has 0 atom stereocenters. The minimum Gasteiger partial charge on any atom is -0.464 e. The second kappa shape index (κ2) is 6.34. The number of aromatic nitrogens is 3. The molecule has 0 aliphatic carbocycles. The predicted molar refractivity (Wildman–Crippen MR) is 57.0 cm³/mol. The van der Waals surface area contributed by atoms with Crippen LogP contribution in [0.4, 0.5) is 23.5 Å². The SMILES string of the molecule is CCOc1nc(NC)nc(OCC(F)(F)C(F)F)n1. The summed E-state index contributed by atoms with van der Waals surface area (Å²) in [5.41, 5.74) is 0. The fraction of sp³-hybridized carbons (Fsp3) is 0.667. The van der Waals surface area contributed by atoms with E-state index in [1.807, 2.05) is 0 Å². The number of hydrogen-bond acceptors (Lipinski definition) is 6. The molecular weight excluding hydrogens is 272 g/mol. The van der Waals surface area contributed by atoms with Crippen LogP contribution in [0.2, 0.25) is 0 Å². The van der Waals surface area contributed by atoms with Crippen LogP contribution in [0.1, 0.15) is 6.92 Å². The quantitative estimate of drug-likeness (QED) is 0.767. The van der Waals surface area contributed by atoms with Crippen LogP contribution >= 0.6 is 0 Å². The molecule has 0 aromatic carbocycles. The molecule has 0 aliphatic rings. The number of nitrogens with one attached hydrogen (secondary N) is 1. The van der Waals surface area contributed by atoms with E-state index in [0.29, 0.717) is 0 Å². The van der Waals surface area contributed by atoms with Gasteiger partial charge in [0.05, 0.1) is 6.61 Å². The number of nitrogens with zero attached hydrogens (tertiary/aromatic N) is 3. The van der Waals surface area contributed by atoms with Crippen LogP contribution in [0.5, 0.6) is 12.0 Å². The first-order valence-corrected chi connectivity index (χ1v) is 5.24. The molecule has 10 heteroatoms. The van der Waals surface area contributed by atoms with Crippen LogP contribution in [0.3, 0.4) is 0 Å². The summed E-state index contributed by atoms with van der Waals surface area (Å²) >= 11 is 0. The van der Waals surface area contributed by atoms with E-state index in [2.05, 4.69) is 25.0 Å². The largest absolute Gasteiger partial charge is 0.464 e. The Morgan fingerprint density at radius 2 is 1.74 bits per heavy atom. The van der Waals surface area contributed by atoms with Gasteiger partial charge in [-0.25, -0.2) is 8.78 Å². The molecule has 0 radical (unpaired) electrons. The predicted octanol–water partition coefficient (Wildman–Crippen LogP) is 1.59. The standard InChI is InChI=1S/C9H12F4N4O2/c1-3-18-7-15-6(14-2)16-8(17-7)19-4-9(12,13)5(10)11/h5H,3-4H2,1-2H3,(H,14,15,16,17). The van der Waals surface area contributed by atoms with Crippen molar-refractivity contribution in [1.29, 1.82) is 0 Å². The van der Waals surface area contributed by atoms with Crippen molar-refractivity contribution in [3.05, 3.63) is 0 Å². The third kappa shape index (κ3) is 4.38. The lowest BCUT2D eigenvalue weighted by Gasteiger charge is -2.15. The number of alkyl halides is 4. The zero-order chi connectivity index (χ0) is 14.5. The number of hydrogen-bond donors (Lipinski definition) is 1. The Bertz CT molecular complexity index is 419. The first kappa shape index (κ1) is 15.2. The maximum atomic E-state index is 12.7. The highest BCUT2D eigenvalue weighted by atomic mass is 19.3. The molecule has 0 spiro atoms. The normalized spacial score (nSPS) is 11.5. The van der Waals surface area contributed by atoms with Crippen LogP contribution in [-0.4, -0.2) is 47.6 Å². The number of anilines is 1. The third-order valence-corrected chi connectivity index (χ3v) is 1.80. The first-order chi connectivity index (χ1) is 8.89. The van der Waals surface area contributed by atoms with Gasteiger partial charge in [0.15, 0.2) is 6.61 Å². The van der Waals surface area contributed by atoms with Gasteiger partial charge in [0.25, 0.3) is 0 Å². The monoisotopic (exact) mass is 284 g/mol.